The molecule has 0 bridgehead atoms. The number of esters is 1. The van der Waals surface area contributed by atoms with Crippen molar-refractivity contribution in [2.75, 3.05) is 25.4 Å². The van der Waals surface area contributed by atoms with Crippen molar-refractivity contribution in [3.63, 3.8) is 0 Å². The summed E-state index contributed by atoms with van der Waals surface area (Å²) in [6, 6.07) is 14.6. The minimum absolute atomic E-state index is 0.201. The lowest BCUT2D eigenvalue weighted by molar-refractivity contribution is -0.134. The predicted molar refractivity (Wildman–Crippen MR) is 102 cm³/mol. The molecule has 1 aliphatic rings. The Morgan fingerprint density at radius 1 is 1.15 bits per heavy atom. The molecule has 0 spiro atoms. The first-order chi connectivity index (χ1) is 12.5. The molecule has 1 amide bonds. The molecule has 0 atom stereocenters. The van der Waals surface area contributed by atoms with Crippen LogP contribution in [0.3, 0.4) is 0 Å². The van der Waals surface area contributed by atoms with Gasteiger partial charge in [-0.2, -0.15) is 0 Å². The molecule has 134 valence electrons. The van der Waals surface area contributed by atoms with Gasteiger partial charge in [-0.25, -0.2) is 4.79 Å². The predicted octanol–water partition coefficient (Wildman–Crippen LogP) is 3.39. The van der Waals surface area contributed by atoms with Crippen molar-refractivity contribution >= 4 is 34.7 Å². The highest BCUT2D eigenvalue weighted by molar-refractivity contribution is 6.31. The van der Waals surface area contributed by atoms with Gasteiger partial charge < -0.3 is 15.4 Å². The van der Waals surface area contributed by atoms with Gasteiger partial charge in [-0.15, -0.1) is 0 Å². The Kier molecular flexibility index (Phi) is 5.58. The molecule has 0 unspecified atom stereocenters. The Bertz CT molecular complexity index is 849. The number of carbonyl (C=O) groups is 2. The van der Waals surface area contributed by atoms with Crippen LogP contribution >= 0.6 is 11.6 Å². The van der Waals surface area contributed by atoms with Crippen LogP contribution in [0.1, 0.15) is 22.3 Å². The van der Waals surface area contributed by atoms with E-state index in [1.165, 1.54) is 23.3 Å². The van der Waals surface area contributed by atoms with Gasteiger partial charge in [0.1, 0.15) is 0 Å². The zero-order chi connectivity index (χ0) is 18.5. The number of rotatable bonds is 4. The second kappa shape index (κ2) is 8.06. The first kappa shape index (κ1) is 18.0. The Labute approximate surface area is 157 Å². The second-order valence-corrected chi connectivity index (χ2v) is 6.43. The van der Waals surface area contributed by atoms with Gasteiger partial charge in [0.05, 0.1) is 5.56 Å². The summed E-state index contributed by atoms with van der Waals surface area (Å²) in [6.07, 6.45) is 2.81. The van der Waals surface area contributed by atoms with Gasteiger partial charge in [0.15, 0.2) is 6.61 Å². The third-order valence-corrected chi connectivity index (χ3v) is 4.50. The molecular weight excluding hydrogens is 352 g/mol. The molecule has 0 saturated heterocycles. The van der Waals surface area contributed by atoms with Crippen molar-refractivity contribution in [2.45, 2.75) is 6.42 Å². The van der Waals surface area contributed by atoms with E-state index < -0.39 is 5.97 Å². The SMILES string of the molecule is Nc1cc(Cl)ccc1C(=O)OCC(=O)N1CC=C(c2ccccc2)CC1. The maximum absolute atomic E-state index is 12.3. The molecule has 2 aromatic rings. The number of carbonyl (C=O) groups excluding carboxylic acids is 2. The van der Waals surface area contributed by atoms with E-state index in [1.54, 1.807) is 11.0 Å². The first-order valence-corrected chi connectivity index (χ1v) is 8.67. The first-order valence-electron chi connectivity index (χ1n) is 8.29. The lowest BCUT2D eigenvalue weighted by Gasteiger charge is -2.26. The van der Waals surface area contributed by atoms with Crippen molar-refractivity contribution in [1.29, 1.82) is 0 Å². The van der Waals surface area contributed by atoms with E-state index in [2.05, 4.69) is 12.1 Å². The fraction of sp³-hybridized carbons (Fsp3) is 0.200. The Hall–Kier alpha value is -2.79. The highest BCUT2D eigenvalue weighted by Crippen LogP contribution is 2.22. The molecule has 0 radical (unpaired) electrons. The Balaban J connectivity index is 1.54. The van der Waals surface area contributed by atoms with Crippen LogP contribution in [0.5, 0.6) is 0 Å². The average Bonchev–Trinajstić information content (AvgIpc) is 2.66. The summed E-state index contributed by atoms with van der Waals surface area (Å²) >= 11 is 5.81. The van der Waals surface area contributed by atoms with Crippen LogP contribution in [0.15, 0.2) is 54.6 Å². The average molecular weight is 371 g/mol. The highest BCUT2D eigenvalue weighted by atomic mass is 35.5. The number of halogens is 1. The summed E-state index contributed by atoms with van der Waals surface area (Å²) < 4.78 is 5.10. The molecule has 1 aliphatic heterocycles. The normalized spacial score (nSPS) is 13.9. The van der Waals surface area contributed by atoms with Crippen LogP contribution in [0.4, 0.5) is 5.69 Å². The standard InChI is InChI=1S/C20H19ClN2O3/c21-16-6-7-17(18(22)12-16)20(25)26-13-19(24)23-10-8-15(9-11-23)14-4-2-1-3-5-14/h1-8,12H,9-11,13,22H2. The topological polar surface area (TPSA) is 72.6 Å². The van der Waals surface area contributed by atoms with E-state index in [0.717, 1.165) is 6.42 Å². The number of nitrogen functional groups attached to an aromatic ring is 1. The number of benzene rings is 2. The van der Waals surface area contributed by atoms with Gasteiger partial charge in [-0.1, -0.05) is 48.0 Å². The molecular formula is C20H19ClN2O3. The number of anilines is 1. The lowest BCUT2D eigenvalue weighted by Crippen LogP contribution is -2.37. The number of nitrogens with two attached hydrogens (primary N) is 1. The minimum atomic E-state index is -0.634. The maximum Gasteiger partial charge on any atom is 0.340 e. The fourth-order valence-corrected chi connectivity index (χ4v) is 3.01. The number of ether oxygens (including phenoxy) is 1. The molecule has 2 N–H and O–H groups in total. The third kappa shape index (κ3) is 4.24. The number of nitrogens with zero attached hydrogens (tertiary/aromatic N) is 1. The fourth-order valence-electron chi connectivity index (χ4n) is 2.83. The van der Waals surface area contributed by atoms with Crippen molar-refractivity contribution < 1.29 is 14.3 Å². The van der Waals surface area contributed by atoms with E-state index in [0.29, 0.717) is 18.1 Å². The smallest absolute Gasteiger partial charge is 0.340 e. The van der Waals surface area contributed by atoms with Crippen LogP contribution in [-0.2, 0) is 9.53 Å². The number of hydrogen-bond donors (Lipinski definition) is 1. The molecule has 26 heavy (non-hydrogen) atoms. The largest absolute Gasteiger partial charge is 0.452 e. The molecule has 0 aliphatic carbocycles. The van der Waals surface area contributed by atoms with Gasteiger partial charge >= 0.3 is 5.97 Å². The van der Waals surface area contributed by atoms with Crippen LogP contribution in [0.2, 0.25) is 5.02 Å². The highest BCUT2D eigenvalue weighted by Gasteiger charge is 2.20. The van der Waals surface area contributed by atoms with Gasteiger partial charge in [-0.3, -0.25) is 4.79 Å². The monoisotopic (exact) mass is 370 g/mol. The van der Waals surface area contributed by atoms with Crippen molar-refractivity contribution in [3.05, 3.63) is 70.8 Å². The third-order valence-electron chi connectivity index (χ3n) is 4.27. The van der Waals surface area contributed by atoms with E-state index in [4.69, 9.17) is 22.1 Å². The van der Waals surface area contributed by atoms with Gasteiger partial charge in [-0.05, 0) is 35.8 Å². The molecule has 2 aromatic carbocycles. The number of amides is 1. The maximum atomic E-state index is 12.3. The van der Waals surface area contributed by atoms with Crippen molar-refractivity contribution in [2.24, 2.45) is 0 Å². The van der Waals surface area contributed by atoms with E-state index in [1.807, 2.05) is 24.3 Å². The molecule has 1 heterocycles. The van der Waals surface area contributed by atoms with E-state index in [-0.39, 0.29) is 23.8 Å². The summed E-state index contributed by atoms with van der Waals surface area (Å²) in [7, 11) is 0. The molecule has 0 aromatic heterocycles. The molecule has 0 fully saturated rings. The molecule has 5 nitrogen and oxygen atoms in total. The lowest BCUT2D eigenvalue weighted by atomic mass is 10.00. The minimum Gasteiger partial charge on any atom is -0.452 e. The number of hydrogen-bond acceptors (Lipinski definition) is 4. The Morgan fingerprint density at radius 3 is 2.58 bits per heavy atom. The van der Waals surface area contributed by atoms with Gasteiger partial charge in [0.25, 0.3) is 5.91 Å². The summed E-state index contributed by atoms with van der Waals surface area (Å²) in [5.74, 6) is -0.862. The zero-order valence-corrected chi connectivity index (χ0v) is 14.9. The van der Waals surface area contributed by atoms with Crippen molar-refractivity contribution in [3.8, 4) is 0 Å². The summed E-state index contributed by atoms with van der Waals surface area (Å²) in [4.78, 5) is 26.0. The summed E-state index contributed by atoms with van der Waals surface area (Å²) in [5.41, 5.74) is 8.57. The van der Waals surface area contributed by atoms with Crippen molar-refractivity contribution in [1.82, 2.24) is 4.90 Å². The van der Waals surface area contributed by atoms with Gasteiger partial charge in [0.2, 0.25) is 0 Å². The van der Waals surface area contributed by atoms with E-state index in [9.17, 15) is 9.59 Å². The molecule has 0 saturated carbocycles. The quantitative estimate of drug-likeness (QED) is 0.661. The zero-order valence-electron chi connectivity index (χ0n) is 14.2. The van der Waals surface area contributed by atoms with Crippen LogP contribution in [-0.4, -0.2) is 36.5 Å². The van der Waals surface area contributed by atoms with Gasteiger partial charge in [0, 0.05) is 23.8 Å². The van der Waals surface area contributed by atoms with Crippen LogP contribution in [0, 0.1) is 0 Å². The van der Waals surface area contributed by atoms with E-state index >= 15 is 0 Å². The molecule has 3 rings (SSSR count). The van der Waals surface area contributed by atoms with Crippen LogP contribution in [0.25, 0.3) is 5.57 Å². The summed E-state index contributed by atoms with van der Waals surface area (Å²) in [6.45, 7) is 0.791. The second-order valence-electron chi connectivity index (χ2n) is 5.99. The van der Waals surface area contributed by atoms with Crippen LogP contribution < -0.4 is 5.73 Å². The molecule has 6 heteroatoms. The Morgan fingerprint density at radius 2 is 1.92 bits per heavy atom. The summed E-state index contributed by atoms with van der Waals surface area (Å²) in [5, 5.41) is 0.435.